The molecule has 0 spiro atoms. The number of aromatic nitrogens is 3. The van der Waals surface area contributed by atoms with E-state index in [4.69, 9.17) is 4.98 Å². The van der Waals surface area contributed by atoms with E-state index in [-0.39, 0.29) is 0 Å². The smallest absolute Gasteiger partial charge is 0.165 e. The highest BCUT2D eigenvalue weighted by Crippen LogP contribution is 2.25. The molecule has 2 aromatic heterocycles. The fourth-order valence-electron chi connectivity index (χ4n) is 2.85. The Bertz CT molecular complexity index is 846. The molecular formula is C17H20N6O. The first-order valence-electron chi connectivity index (χ1n) is 8.09. The third-order valence-corrected chi connectivity index (χ3v) is 4.09. The highest BCUT2D eigenvalue weighted by atomic mass is 16.3. The molecule has 1 aliphatic rings. The largest absolute Gasteiger partial charge is 0.377 e. The molecule has 4 rings (SSSR count). The van der Waals surface area contributed by atoms with E-state index in [9.17, 15) is 5.11 Å². The molecule has 4 N–H and O–H groups in total. The van der Waals surface area contributed by atoms with Crippen molar-refractivity contribution < 1.29 is 5.11 Å². The van der Waals surface area contributed by atoms with Crippen LogP contribution < -0.4 is 16.0 Å². The average molecular weight is 324 g/mol. The monoisotopic (exact) mass is 324 g/mol. The quantitative estimate of drug-likeness (QED) is 0.490. The minimum Gasteiger partial charge on any atom is -0.377 e. The number of fused-ring (bicyclic) bond motifs is 4. The van der Waals surface area contributed by atoms with Crippen LogP contribution in [0.2, 0.25) is 0 Å². The number of hydrogen-bond acceptors (Lipinski definition) is 6. The zero-order chi connectivity index (χ0) is 16.4. The Morgan fingerprint density at radius 3 is 3.12 bits per heavy atom. The van der Waals surface area contributed by atoms with E-state index in [0.29, 0.717) is 13.1 Å². The molecular weight excluding hydrogens is 304 g/mol. The summed E-state index contributed by atoms with van der Waals surface area (Å²) >= 11 is 0. The van der Waals surface area contributed by atoms with Gasteiger partial charge in [-0.3, -0.25) is 5.32 Å². The molecule has 1 unspecified atom stereocenters. The van der Waals surface area contributed by atoms with Crippen LogP contribution in [0.4, 0.5) is 5.82 Å². The van der Waals surface area contributed by atoms with E-state index >= 15 is 0 Å². The number of benzene rings is 1. The van der Waals surface area contributed by atoms with Gasteiger partial charge in [0, 0.05) is 37.9 Å². The lowest BCUT2D eigenvalue weighted by atomic mass is 10.1. The second-order valence-corrected chi connectivity index (χ2v) is 5.87. The summed E-state index contributed by atoms with van der Waals surface area (Å²) in [5.41, 5.74) is 3.99. The standard InChI is InChI=1S/C17H20N6O/c24-16-11-18-5-6-19-15-4-7-23-17(22-15)14(10-21-23)13-3-1-2-12(8-13)9-20-16/h1-4,7-8,10,16,18,20,24H,5-6,9,11H2,(H,19,22). The molecule has 3 heterocycles. The van der Waals surface area contributed by atoms with Gasteiger partial charge in [0.05, 0.1) is 6.20 Å². The minimum absolute atomic E-state index is 0.499. The molecule has 1 aromatic carbocycles. The van der Waals surface area contributed by atoms with Crippen LogP contribution in [0.5, 0.6) is 0 Å². The van der Waals surface area contributed by atoms with E-state index in [2.05, 4.69) is 33.2 Å². The van der Waals surface area contributed by atoms with Crippen molar-refractivity contribution in [2.75, 3.05) is 25.0 Å². The first-order chi connectivity index (χ1) is 11.8. The second-order valence-electron chi connectivity index (χ2n) is 5.87. The van der Waals surface area contributed by atoms with Crippen LogP contribution in [0.25, 0.3) is 16.8 Å². The summed E-state index contributed by atoms with van der Waals surface area (Å²) in [6, 6.07) is 10.1. The fourth-order valence-corrected chi connectivity index (χ4v) is 2.85. The molecule has 0 aliphatic carbocycles. The number of aliphatic hydroxyl groups is 1. The maximum absolute atomic E-state index is 9.99. The predicted octanol–water partition coefficient (Wildman–Crippen LogP) is 0.819. The summed E-state index contributed by atoms with van der Waals surface area (Å²) < 4.78 is 1.78. The Morgan fingerprint density at radius 1 is 1.21 bits per heavy atom. The van der Waals surface area contributed by atoms with Crippen molar-refractivity contribution in [2.45, 2.75) is 12.8 Å². The van der Waals surface area contributed by atoms with Crippen molar-refractivity contribution in [3.05, 3.63) is 48.3 Å². The van der Waals surface area contributed by atoms with Crippen molar-refractivity contribution in [3.8, 4) is 11.1 Å². The third-order valence-electron chi connectivity index (χ3n) is 4.09. The lowest BCUT2D eigenvalue weighted by molar-refractivity contribution is 0.134. The molecule has 4 bridgehead atoms. The van der Waals surface area contributed by atoms with Crippen LogP contribution in [0, 0.1) is 0 Å². The van der Waals surface area contributed by atoms with E-state index < -0.39 is 6.23 Å². The Labute approximate surface area is 139 Å². The van der Waals surface area contributed by atoms with E-state index in [0.717, 1.165) is 41.2 Å². The summed E-state index contributed by atoms with van der Waals surface area (Å²) in [7, 11) is 0. The molecule has 24 heavy (non-hydrogen) atoms. The first kappa shape index (κ1) is 15.1. The van der Waals surface area contributed by atoms with Gasteiger partial charge in [-0.05, 0) is 23.3 Å². The lowest BCUT2D eigenvalue weighted by Crippen LogP contribution is -2.39. The molecule has 0 fully saturated rings. The van der Waals surface area contributed by atoms with Gasteiger partial charge in [-0.1, -0.05) is 18.2 Å². The number of nitrogens with one attached hydrogen (secondary N) is 3. The van der Waals surface area contributed by atoms with Crippen molar-refractivity contribution in [3.63, 3.8) is 0 Å². The van der Waals surface area contributed by atoms with Gasteiger partial charge in [0.1, 0.15) is 12.0 Å². The molecule has 7 nitrogen and oxygen atoms in total. The molecule has 124 valence electrons. The Hall–Kier alpha value is -2.48. The van der Waals surface area contributed by atoms with E-state index in [1.165, 1.54) is 0 Å². The fraction of sp³-hybridized carbons (Fsp3) is 0.294. The number of aliphatic hydroxyl groups excluding tert-OH is 1. The van der Waals surface area contributed by atoms with Gasteiger partial charge in [0.15, 0.2) is 5.65 Å². The molecule has 0 amide bonds. The van der Waals surface area contributed by atoms with Crippen molar-refractivity contribution in [1.29, 1.82) is 0 Å². The predicted molar refractivity (Wildman–Crippen MR) is 92.6 cm³/mol. The molecule has 0 saturated carbocycles. The van der Waals surface area contributed by atoms with Crippen LogP contribution in [-0.4, -0.2) is 45.6 Å². The SMILES string of the molecule is OC1CNCCNc2ccn3ncc(c3n2)-c2cccc(c2)CN1. The number of nitrogens with zero attached hydrogens (tertiary/aromatic N) is 3. The maximum atomic E-state index is 9.99. The summed E-state index contributed by atoms with van der Waals surface area (Å²) in [6.07, 6.45) is 3.17. The van der Waals surface area contributed by atoms with Crippen LogP contribution in [0.1, 0.15) is 5.56 Å². The molecule has 3 aromatic rings. The van der Waals surface area contributed by atoms with Crippen LogP contribution >= 0.6 is 0 Å². The van der Waals surface area contributed by atoms with Crippen molar-refractivity contribution >= 4 is 11.5 Å². The zero-order valence-electron chi connectivity index (χ0n) is 13.2. The van der Waals surface area contributed by atoms with Gasteiger partial charge in [-0.25, -0.2) is 9.50 Å². The summed E-state index contributed by atoms with van der Waals surface area (Å²) in [5, 5.41) is 24.0. The third kappa shape index (κ3) is 3.09. The summed E-state index contributed by atoms with van der Waals surface area (Å²) in [5.74, 6) is 0.816. The van der Waals surface area contributed by atoms with Gasteiger partial charge >= 0.3 is 0 Å². The maximum Gasteiger partial charge on any atom is 0.165 e. The molecule has 1 atom stereocenters. The second kappa shape index (κ2) is 6.56. The number of anilines is 1. The lowest BCUT2D eigenvalue weighted by Gasteiger charge is -2.14. The molecule has 7 heteroatoms. The van der Waals surface area contributed by atoms with Crippen molar-refractivity contribution in [2.24, 2.45) is 0 Å². The molecule has 0 radical (unpaired) electrons. The normalized spacial score (nSPS) is 18.8. The minimum atomic E-state index is -0.583. The number of rotatable bonds is 0. The van der Waals surface area contributed by atoms with E-state index in [1.807, 2.05) is 30.6 Å². The van der Waals surface area contributed by atoms with Crippen LogP contribution in [0.15, 0.2) is 42.7 Å². The van der Waals surface area contributed by atoms with Crippen LogP contribution in [0.3, 0.4) is 0 Å². The van der Waals surface area contributed by atoms with Gasteiger partial charge in [0.2, 0.25) is 0 Å². The average Bonchev–Trinajstić information content (AvgIpc) is 3.02. The molecule has 1 aliphatic heterocycles. The van der Waals surface area contributed by atoms with Gasteiger partial charge in [-0.2, -0.15) is 5.10 Å². The van der Waals surface area contributed by atoms with Crippen LogP contribution in [-0.2, 0) is 6.54 Å². The van der Waals surface area contributed by atoms with Gasteiger partial charge < -0.3 is 15.7 Å². The summed E-state index contributed by atoms with van der Waals surface area (Å²) in [6.45, 7) is 2.57. The Morgan fingerprint density at radius 2 is 2.17 bits per heavy atom. The Balaban J connectivity index is 1.77. The molecule has 0 saturated heterocycles. The highest BCUT2D eigenvalue weighted by molar-refractivity contribution is 5.78. The Kier molecular flexibility index (Phi) is 4.12. The highest BCUT2D eigenvalue weighted by Gasteiger charge is 2.11. The summed E-state index contributed by atoms with van der Waals surface area (Å²) in [4.78, 5) is 4.69. The topological polar surface area (TPSA) is 86.5 Å². The first-order valence-corrected chi connectivity index (χ1v) is 8.09. The van der Waals surface area contributed by atoms with Gasteiger partial charge in [0.25, 0.3) is 0 Å². The van der Waals surface area contributed by atoms with E-state index in [1.54, 1.807) is 4.52 Å². The number of β-amino-alcohol motifs (C(OH)–C–C–N with tert-alkyl or cyclic N) is 1. The number of hydrogen-bond donors (Lipinski definition) is 4. The van der Waals surface area contributed by atoms with Gasteiger partial charge in [-0.15, -0.1) is 0 Å². The zero-order valence-corrected chi connectivity index (χ0v) is 13.2. The van der Waals surface area contributed by atoms with Crippen molar-refractivity contribution in [1.82, 2.24) is 25.2 Å².